The van der Waals surface area contributed by atoms with Crippen molar-refractivity contribution in [3.8, 4) is 0 Å². The van der Waals surface area contributed by atoms with Gasteiger partial charge in [-0.05, 0) is 50.2 Å². The number of hydrogen-bond acceptors (Lipinski definition) is 3. The maximum atomic E-state index is 13.0. The number of rotatable bonds is 8. The monoisotopic (exact) mass is 408 g/mol. The SMILES string of the molecule is CC(C)N(C)S(=O)(=O)c1ccc(NC(=O)C[NH+](C)Cc2ccc(F)cc2)cc1. The summed E-state index contributed by atoms with van der Waals surface area (Å²) in [6.45, 7) is 4.42. The molecule has 28 heavy (non-hydrogen) atoms. The number of carbonyl (C=O) groups excluding carboxylic acids is 1. The molecule has 152 valence electrons. The van der Waals surface area contributed by atoms with Gasteiger partial charge in [0.25, 0.3) is 5.91 Å². The van der Waals surface area contributed by atoms with E-state index in [0.29, 0.717) is 12.2 Å². The van der Waals surface area contributed by atoms with Gasteiger partial charge in [-0.2, -0.15) is 4.31 Å². The maximum absolute atomic E-state index is 13.0. The van der Waals surface area contributed by atoms with Crippen molar-refractivity contribution >= 4 is 21.6 Å². The molecule has 1 unspecified atom stereocenters. The smallest absolute Gasteiger partial charge is 0.279 e. The van der Waals surface area contributed by atoms with E-state index in [2.05, 4.69) is 5.32 Å². The Labute approximate surface area is 166 Å². The summed E-state index contributed by atoms with van der Waals surface area (Å²) in [4.78, 5) is 13.4. The van der Waals surface area contributed by atoms with Gasteiger partial charge in [-0.25, -0.2) is 12.8 Å². The van der Waals surface area contributed by atoms with E-state index in [4.69, 9.17) is 0 Å². The molecule has 1 amide bonds. The molecule has 0 fully saturated rings. The second kappa shape index (κ2) is 9.27. The van der Waals surface area contributed by atoms with E-state index in [9.17, 15) is 17.6 Å². The van der Waals surface area contributed by atoms with Crippen LogP contribution < -0.4 is 10.2 Å². The molecule has 2 rings (SSSR count). The van der Waals surface area contributed by atoms with Crippen molar-refractivity contribution in [2.45, 2.75) is 31.3 Å². The van der Waals surface area contributed by atoms with E-state index in [1.807, 2.05) is 7.05 Å². The van der Waals surface area contributed by atoms with Crippen LogP contribution in [0.4, 0.5) is 10.1 Å². The number of hydrogen-bond donors (Lipinski definition) is 2. The summed E-state index contributed by atoms with van der Waals surface area (Å²) in [6.07, 6.45) is 0. The van der Waals surface area contributed by atoms with Crippen LogP contribution in [0.15, 0.2) is 53.4 Å². The van der Waals surface area contributed by atoms with Crippen molar-refractivity contribution in [2.75, 3.05) is 26.0 Å². The number of nitrogens with one attached hydrogen (secondary N) is 2. The molecular weight excluding hydrogens is 381 g/mol. The molecule has 0 saturated carbocycles. The van der Waals surface area contributed by atoms with Crippen LogP contribution in [-0.4, -0.2) is 45.3 Å². The molecule has 0 saturated heterocycles. The van der Waals surface area contributed by atoms with Crippen molar-refractivity contribution in [3.05, 3.63) is 59.9 Å². The number of anilines is 1. The predicted octanol–water partition coefficient (Wildman–Crippen LogP) is 1.51. The Balaban J connectivity index is 1.94. The number of quaternary nitrogens is 1. The van der Waals surface area contributed by atoms with Gasteiger partial charge in [0.2, 0.25) is 10.0 Å². The van der Waals surface area contributed by atoms with Crippen molar-refractivity contribution in [1.29, 1.82) is 0 Å². The van der Waals surface area contributed by atoms with Gasteiger partial charge in [-0.3, -0.25) is 4.79 Å². The average molecular weight is 409 g/mol. The molecule has 0 aromatic heterocycles. The van der Waals surface area contributed by atoms with Crippen molar-refractivity contribution in [2.24, 2.45) is 0 Å². The largest absolute Gasteiger partial charge is 0.326 e. The Bertz CT molecular complexity index is 897. The third-order valence-electron chi connectivity index (χ3n) is 4.42. The molecule has 0 radical (unpaired) electrons. The van der Waals surface area contributed by atoms with Crippen molar-refractivity contribution in [3.63, 3.8) is 0 Å². The molecule has 2 aromatic carbocycles. The lowest BCUT2D eigenvalue weighted by molar-refractivity contribution is -0.885. The summed E-state index contributed by atoms with van der Waals surface area (Å²) >= 11 is 0. The number of benzene rings is 2. The highest BCUT2D eigenvalue weighted by molar-refractivity contribution is 7.89. The van der Waals surface area contributed by atoms with Gasteiger partial charge in [0, 0.05) is 24.3 Å². The fourth-order valence-electron chi connectivity index (χ4n) is 2.65. The first-order valence-electron chi connectivity index (χ1n) is 9.03. The van der Waals surface area contributed by atoms with Gasteiger partial charge >= 0.3 is 0 Å². The fraction of sp³-hybridized carbons (Fsp3) is 0.350. The van der Waals surface area contributed by atoms with Gasteiger partial charge in [0.15, 0.2) is 6.54 Å². The van der Waals surface area contributed by atoms with Crippen LogP contribution in [-0.2, 0) is 21.4 Å². The zero-order chi connectivity index (χ0) is 20.9. The molecule has 0 heterocycles. The Morgan fingerprint density at radius 3 is 2.21 bits per heavy atom. The van der Waals surface area contributed by atoms with Gasteiger partial charge < -0.3 is 10.2 Å². The molecule has 0 aliphatic carbocycles. The molecule has 8 heteroatoms. The highest BCUT2D eigenvalue weighted by atomic mass is 32.2. The van der Waals surface area contributed by atoms with Gasteiger partial charge in [0.1, 0.15) is 12.4 Å². The van der Waals surface area contributed by atoms with Crippen LogP contribution in [0.1, 0.15) is 19.4 Å². The van der Waals surface area contributed by atoms with E-state index >= 15 is 0 Å². The second-order valence-electron chi connectivity index (χ2n) is 7.12. The number of nitrogens with zero attached hydrogens (tertiary/aromatic N) is 1. The van der Waals surface area contributed by atoms with Crippen LogP contribution >= 0.6 is 0 Å². The van der Waals surface area contributed by atoms with E-state index in [0.717, 1.165) is 10.5 Å². The summed E-state index contributed by atoms with van der Waals surface area (Å²) in [6, 6.07) is 12.2. The summed E-state index contributed by atoms with van der Waals surface area (Å²) in [7, 11) is -0.138. The fourth-order valence-corrected chi connectivity index (χ4v) is 4.01. The zero-order valence-corrected chi connectivity index (χ0v) is 17.4. The van der Waals surface area contributed by atoms with Crippen LogP contribution in [0, 0.1) is 5.82 Å². The predicted molar refractivity (Wildman–Crippen MR) is 107 cm³/mol. The Kier molecular flexibility index (Phi) is 7.29. The third kappa shape index (κ3) is 5.85. The Morgan fingerprint density at radius 2 is 1.68 bits per heavy atom. The minimum absolute atomic E-state index is 0.149. The third-order valence-corrected chi connectivity index (χ3v) is 6.47. The number of halogens is 1. The highest BCUT2D eigenvalue weighted by Gasteiger charge is 2.23. The molecule has 0 bridgehead atoms. The topological polar surface area (TPSA) is 70.9 Å². The van der Waals surface area contributed by atoms with Gasteiger partial charge in [0.05, 0.1) is 11.9 Å². The lowest BCUT2D eigenvalue weighted by Crippen LogP contribution is -3.08. The molecular formula is C20H27FN3O3S+. The lowest BCUT2D eigenvalue weighted by atomic mass is 10.2. The molecule has 2 N–H and O–H groups in total. The number of amides is 1. The number of likely N-dealkylation sites (N-methyl/N-ethyl adjacent to an activating group) is 1. The van der Waals surface area contributed by atoms with Crippen LogP contribution in [0.25, 0.3) is 0 Å². The quantitative estimate of drug-likeness (QED) is 0.696. The van der Waals surface area contributed by atoms with E-state index in [-0.39, 0.29) is 29.2 Å². The van der Waals surface area contributed by atoms with Crippen molar-refractivity contribution in [1.82, 2.24) is 4.31 Å². The van der Waals surface area contributed by atoms with Crippen LogP contribution in [0.5, 0.6) is 0 Å². The molecule has 2 aromatic rings. The summed E-state index contributed by atoms with van der Waals surface area (Å²) in [5.74, 6) is -0.473. The van der Waals surface area contributed by atoms with Crippen LogP contribution in [0.2, 0.25) is 0 Å². The molecule has 1 atom stereocenters. The summed E-state index contributed by atoms with van der Waals surface area (Å²) in [5.41, 5.74) is 1.47. The average Bonchev–Trinajstić information content (AvgIpc) is 2.63. The molecule has 0 aliphatic rings. The minimum atomic E-state index is -3.55. The van der Waals surface area contributed by atoms with Gasteiger partial charge in [-0.15, -0.1) is 0 Å². The normalized spacial score (nSPS) is 13.0. The maximum Gasteiger partial charge on any atom is 0.279 e. The number of carbonyl (C=O) groups is 1. The highest BCUT2D eigenvalue weighted by Crippen LogP contribution is 2.18. The summed E-state index contributed by atoms with van der Waals surface area (Å²) in [5, 5.41) is 2.77. The molecule has 6 nitrogen and oxygen atoms in total. The van der Waals surface area contributed by atoms with E-state index in [1.54, 1.807) is 38.1 Å². The minimum Gasteiger partial charge on any atom is -0.326 e. The Morgan fingerprint density at radius 1 is 1.11 bits per heavy atom. The van der Waals surface area contributed by atoms with Crippen molar-refractivity contribution < 1.29 is 22.5 Å². The first kappa shape index (κ1) is 22.0. The van der Waals surface area contributed by atoms with E-state index < -0.39 is 10.0 Å². The molecule has 0 aliphatic heterocycles. The second-order valence-corrected chi connectivity index (χ2v) is 9.12. The molecule has 0 spiro atoms. The van der Waals surface area contributed by atoms with E-state index in [1.165, 1.54) is 35.6 Å². The first-order chi connectivity index (χ1) is 13.1. The lowest BCUT2D eigenvalue weighted by Gasteiger charge is -2.21. The standard InChI is InChI=1S/C20H26FN3O3S/c1-15(2)24(4)28(26,27)19-11-9-18(10-12-19)22-20(25)14-23(3)13-16-5-7-17(21)8-6-16/h5-12,15H,13-14H2,1-4H3,(H,22,25)/p+1. The zero-order valence-electron chi connectivity index (χ0n) is 16.6. The first-order valence-corrected chi connectivity index (χ1v) is 10.5. The van der Waals surface area contributed by atoms with Crippen LogP contribution in [0.3, 0.4) is 0 Å². The van der Waals surface area contributed by atoms with Gasteiger partial charge in [-0.1, -0.05) is 12.1 Å². The summed E-state index contributed by atoms with van der Waals surface area (Å²) < 4.78 is 39.2. The number of sulfonamides is 1. The Hall–Kier alpha value is -2.29.